The third-order valence-corrected chi connectivity index (χ3v) is 3.93. The minimum absolute atomic E-state index is 0.00845. The first-order valence-electron chi connectivity index (χ1n) is 4.76. The topological polar surface area (TPSA) is 51.2 Å². The molecule has 0 saturated carbocycles. The summed E-state index contributed by atoms with van der Waals surface area (Å²) in [5, 5.41) is -1.02. The van der Waals surface area contributed by atoms with Crippen LogP contribution in [-0.2, 0) is 21.1 Å². The highest BCUT2D eigenvalue weighted by Crippen LogP contribution is 2.08. The van der Waals surface area contributed by atoms with Crippen molar-refractivity contribution in [3.63, 3.8) is 0 Å². The molecule has 1 atom stereocenters. The molecule has 3 nitrogen and oxygen atoms in total. The van der Waals surface area contributed by atoms with Crippen molar-refractivity contribution >= 4 is 15.6 Å². The Kier molecular flexibility index (Phi) is 3.80. The average Bonchev–Trinajstić information content (AvgIpc) is 2.19. The molecule has 0 spiro atoms. The molecule has 16 heavy (non-hydrogen) atoms. The Balaban J connectivity index is 2.76. The first-order valence-corrected chi connectivity index (χ1v) is 6.72. The van der Waals surface area contributed by atoms with Crippen LogP contribution in [-0.4, -0.2) is 25.7 Å². The molecule has 0 aliphatic heterocycles. The monoisotopic (exact) mass is 244 g/mol. The molecule has 0 aromatic heterocycles. The van der Waals surface area contributed by atoms with Crippen molar-refractivity contribution in [3.8, 4) is 0 Å². The smallest absolute Gasteiger partial charge is 0.157 e. The van der Waals surface area contributed by atoms with Gasteiger partial charge in [-0.25, -0.2) is 12.8 Å². The van der Waals surface area contributed by atoms with Crippen molar-refractivity contribution in [2.24, 2.45) is 0 Å². The van der Waals surface area contributed by atoms with Crippen LogP contribution in [0.15, 0.2) is 24.3 Å². The van der Waals surface area contributed by atoms with Gasteiger partial charge >= 0.3 is 0 Å². The lowest BCUT2D eigenvalue weighted by molar-refractivity contribution is -0.117. The molecule has 0 saturated heterocycles. The average molecular weight is 244 g/mol. The Labute approximate surface area is 94.2 Å². The fourth-order valence-electron chi connectivity index (χ4n) is 1.19. The van der Waals surface area contributed by atoms with Gasteiger partial charge in [0.2, 0.25) is 0 Å². The number of Topliss-reactive ketones (excluding diaryl/α,β-unsaturated/α-hetero) is 1. The van der Waals surface area contributed by atoms with Gasteiger partial charge in [-0.05, 0) is 24.6 Å². The highest BCUT2D eigenvalue weighted by molar-refractivity contribution is 7.92. The van der Waals surface area contributed by atoms with Crippen LogP contribution in [0.25, 0.3) is 0 Å². The molecule has 1 unspecified atom stereocenters. The number of carbonyl (C=O) groups excluding carboxylic acids is 1. The predicted molar refractivity (Wildman–Crippen MR) is 59.4 cm³/mol. The van der Waals surface area contributed by atoms with E-state index < -0.39 is 15.1 Å². The molecular formula is C11H13FO3S. The maximum Gasteiger partial charge on any atom is 0.157 e. The molecule has 5 heteroatoms. The van der Waals surface area contributed by atoms with Gasteiger partial charge in [0.05, 0.1) is 0 Å². The molecule has 88 valence electrons. The van der Waals surface area contributed by atoms with Crippen LogP contribution in [0.2, 0.25) is 0 Å². The maximum absolute atomic E-state index is 12.6. The molecule has 0 radical (unpaired) electrons. The molecule has 1 aromatic rings. The zero-order valence-corrected chi connectivity index (χ0v) is 9.92. The molecule has 0 amide bonds. The SMILES string of the molecule is CC(C(=O)Cc1ccc(F)cc1)S(C)(=O)=O. The van der Waals surface area contributed by atoms with Gasteiger partial charge in [0.15, 0.2) is 15.6 Å². The Hall–Kier alpha value is -1.23. The van der Waals surface area contributed by atoms with E-state index in [1.807, 2.05) is 0 Å². The molecule has 1 rings (SSSR count). The molecular weight excluding hydrogens is 231 g/mol. The maximum atomic E-state index is 12.6. The Morgan fingerprint density at radius 1 is 1.31 bits per heavy atom. The summed E-state index contributed by atoms with van der Waals surface area (Å²) in [6, 6.07) is 5.44. The third kappa shape index (κ3) is 3.41. The van der Waals surface area contributed by atoms with Crippen molar-refractivity contribution in [1.29, 1.82) is 0 Å². The number of hydrogen-bond acceptors (Lipinski definition) is 3. The van der Waals surface area contributed by atoms with Crippen molar-refractivity contribution < 1.29 is 17.6 Å². The summed E-state index contributed by atoms with van der Waals surface area (Å²) in [5.74, 6) is -0.763. The zero-order chi connectivity index (χ0) is 12.3. The number of sulfone groups is 1. The van der Waals surface area contributed by atoms with Gasteiger partial charge in [0.25, 0.3) is 0 Å². The van der Waals surface area contributed by atoms with Gasteiger partial charge in [-0.1, -0.05) is 12.1 Å². The van der Waals surface area contributed by atoms with Crippen LogP contribution in [0.3, 0.4) is 0 Å². The molecule has 0 aliphatic carbocycles. The van der Waals surface area contributed by atoms with E-state index >= 15 is 0 Å². The lowest BCUT2D eigenvalue weighted by Crippen LogP contribution is -2.27. The summed E-state index contributed by atoms with van der Waals surface area (Å²) in [6.07, 6.45) is 1.04. The van der Waals surface area contributed by atoms with Crippen LogP contribution in [0.4, 0.5) is 4.39 Å². The second-order valence-electron chi connectivity index (χ2n) is 3.74. The quantitative estimate of drug-likeness (QED) is 0.803. The zero-order valence-electron chi connectivity index (χ0n) is 9.10. The molecule has 0 N–H and O–H groups in total. The molecule has 0 fully saturated rings. The summed E-state index contributed by atoms with van der Waals surface area (Å²) in [5.41, 5.74) is 0.613. The lowest BCUT2D eigenvalue weighted by Gasteiger charge is -2.07. The van der Waals surface area contributed by atoms with E-state index in [-0.39, 0.29) is 18.0 Å². The van der Waals surface area contributed by atoms with E-state index in [4.69, 9.17) is 0 Å². The van der Waals surface area contributed by atoms with E-state index in [0.29, 0.717) is 5.56 Å². The number of ketones is 1. The van der Waals surface area contributed by atoms with Gasteiger partial charge in [-0.3, -0.25) is 4.79 Å². The van der Waals surface area contributed by atoms with Gasteiger partial charge in [0, 0.05) is 12.7 Å². The second kappa shape index (κ2) is 4.74. The highest BCUT2D eigenvalue weighted by atomic mass is 32.2. The van der Waals surface area contributed by atoms with E-state index in [0.717, 1.165) is 6.26 Å². The minimum Gasteiger partial charge on any atom is -0.298 e. The fraction of sp³-hybridized carbons (Fsp3) is 0.364. The van der Waals surface area contributed by atoms with Crippen molar-refractivity contribution in [2.75, 3.05) is 6.26 Å². The van der Waals surface area contributed by atoms with Crippen LogP contribution >= 0.6 is 0 Å². The summed E-state index contributed by atoms with van der Waals surface area (Å²) < 4.78 is 34.9. The predicted octanol–water partition coefficient (Wildman–Crippen LogP) is 1.37. The number of halogens is 1. The highest BCUT2D eigenvalue weighted by Gasteiger charge is 2.23. The summed E-state index contributed by atoms with van der Waals surface area (Å²) in [6.45, 7) is 1.36. The van der Waals surface area contributed by atoms with Gasteiger partial charge in [0.1, 0.15) is 11.1 Å². The Bertz CT molecular complexity index is 476. The van der Waals surface area contributed by atoms with Gasteiger partial charge in [-0.15, -0.1) is 0 Å². The van der Waals surface area contributed by atoms with E-state index in [2.05, 4.69) is 0 Å². The van der Waals surface area contributed by atoms with Crippen LogP contribution in [0, 0.1) is 5.82 Å². The Morgan fingerprint density at radius 3 is 2.25 bits per heavy atom. The normalized spacial score (nSPS) is 13.4. The first-order chi connectivity index (χ1) is 7.30. The summed E-state index contributed by atoms with van der Waals surface area (Å²) in [7, 11) is -3.35. The van der Waals surface area contributed by atoms with Gasteiger partial charge in [-0.2, -0.15) is 0 Å². The number of rotatable bonds is 4. The largest absolute Gasteiger partial charge is 0.298 e. The lowest BCUT2D eigenvalue weighted by atomic mass is 10.1. The molecule has 1 aromatic carbocycles. The van der Waals surface area contributed by atoms with Gasteiger partial charge < -0.3 is 0 Å². The van der Waals surface area contributed by atoms with Crippen LogP contribution in [0.1, 0.15) is 12.5 Å². The second-order valence-corrected chi connectivity index (χ2v) is 6.11. The Morgan fingerprint density at radius 2 is 1.81 bits per heavy atom. The van der Waals surface area contributed by atoms with E-state index in [9.17, 15) is 17.6 Å². The molecule has 0 aliphatic rings. The van der Waals surface area contributed by atoms with Crippen molar-refractivity contribution in [3.05, 3.63) is 35.6 Å². The van der Waals surface area contributed by atoms with Crippen molar-refractivity contribution in [2.45, 2.75) is 18.6 Å². The van der Waals surface area contributed by atoms with E-state index in [1.165, 1.54) is 31.2 Å². The standard InChI is InChI=1S/C11H13FO3S/c1-8(16(2,14)15)11(13)7-9-3-5-10(12)6-4-9/h3-6,8H,7H2,1-2H3. The van der Waals surface area contributed by atoms with Crippen LogP contribution in [0.5, 0.6) is 0 Å². The number of benzene rings is 1. The van der Waals surface area contributed by atoms with Crippen molar-refractivity contribution in [1.82, 2.24) is 0 Å². The summed E-state index contributed by atoms with van der Waals surface area (Å²) in [4.78, 5) is 11.6. The summed E-state index contributed by atoms with van der Waals surface area (Å²) >= 11 is 0. The number of carbonyl (C=O) groups is 1. The third-order valence-electron chi connectivity index (χ3n) is 2.39. The molecule has 0 heterocycles. The molecule has 0 bridgehead atoms. The fourth-order valence-corrected chi connectivity index (χ4v) is 1.75. The minimum atomic E-state index is -3.35. The van der Waals surface area contributed by atoms with E-state index in [1.54, 1.807) is 0 Å². The number of hydrogen-bond donors (Lipinski definition) is 0. The first kappa shape index (κ1) is 12.8. The van der Waals surface area contributed by atoms with Crippen LogP contribution < -0.4 is 0 Å².